The molecule has 2 aliphatic rings. The van der Waals surface area contributed by atoms with Crippen LogP contribution in [-0.2, 0) is 9.59 Å². The Morgan fingerprint density at radius 2 is 2.22 bits per heavy atom. The van der Waals surface area contributed by atoms with Crippen LogP contribution in [0.15, 0.2) is 16.3 Å². The van der Waals surface area contributed by atoms with E-state index in [1.165, 1.54) is 16.7 Å². The van der Waals surface area contributed by atoms with Gasteiger partial charge in [-0.15, -0.1) is 22.0 Å². The first kappa shape index (κ1) is 15.8. The summed E-state index contributed by atoms with van der Waals surface area (Å²) < 4.78 is 0. The number of carboxylic acids is 1. The lowest BCUT2D eigenvalue weighted by atomic mass is 10.0. The molecule has 1 fully saturated rings. The molecule has 122 valence electrons. The fourth-order valence-corrected chi connectivity index (χ4v) is 4.69. The summed E-state index contributed by atoms with van der Waals surface area (Å²) >= 11 is 2.54. The molecule has 3 rings (SSSR count). The third-order valence-electron chi connectivity index (χ3n) is 3.42. The highest BCUT2D eigenvalue weighted by molar-refractivity contribution is 8.01. The number of hydrogen-bond acceptors (Lipinski definition) is 8. The van der Waals surface area contributed by atoms with Gasteiger partial charge in [-0.25, -0.2) is 4.79 Å². The molecular weight excluding hydrogens is 344 g/mol. The topological polar surface area (TPSA) is 168 Å². The number of nitrogens with zero attached hydrogens (tertiary/aromatic N) is 3. The van der Waals surface area contributed by atoms with Crippen molar-refractivity contribution in [3.05, 3.63) is 17.0 Å². The molecule has 0 radical (unpaired) electrons. The summed E-state index contributed by atoms with van der Waals surface area (Å²) in [5, 5.41) is 19.1. The third-order valence-corrected chi connectivity index (χ3v) is 5.83. The average Bonchev–Trinajstić information content (AvgIpc) is 2.99. The van der Waals surface area contributed by atoms with Crippen LogP contribution in [0.5, 0.6) is 0 Å². The van der Waals surface area contributed by atoms with Crippen molar-refractivity contribution in [3.63, 3.8) is 0 Å². The minimum atomic E-state index is -1.18. The number of H-pyrrole nitrogens is 1. The minimum absolute atomic E-state index is 0.00383. The molecule has 6 N–H and O–H groups in total. The average molecular weight is 356 g/mol. The number of rotatable bonds is 5. The summed E-state index contributed by atoms with van der Waals surface area (Å²) in [6, 6.07) is -0.666. The summed E-state index contributed by atoms with van der Waals surface area (Å²) in [7, 11) is 0. The number of hydrogen-bond donors (Lipinski definition) is 4. The van der Waals surface area contributed by atoms with Crippen molar-refractivity contribution in [1.29, 1.82) is 0 Å². The van der Waals surface area contributed by atoms with Crippen LogP contribution in [0, 0.1) is 0 Å². The molecule has 0 bridgehead atoms. The molecule has 0 saturated carbocycles. The van der Waals surface area contributed by atoms with Crippen molar-refractivity contribution in [1.82, 2.24) is 20.3 Å². The summed E-state index contributed by atoms with van der Waals surface area (Å²) in [6.07, 6.45) is 0. The summed E-state index contributed by atoms with van der Waals surface area (Å²) in [4.78, 5) is 35.8. The van der Waals surface area contributed by atoms with Gasteiger partial charge in [0.15, 0.2) is 10.7 Å². The van der Waals surface area contributed by atoms with Crippen molar-refractivity contribution in [3.8, 4) is 0 Å². The lowest BCUT2D eigenvalue weighted by Crippen LogP contribution is -2.68. The van der Waals surface area contributed by atoms with Gasteiger partial charge in [0.2, 0.25) is 5.91 Å². The zero-order valence-electron chi connectivity index (χ0n) is 11.6. The second kappa shape index (κ2) is 5.86. The predicted octanol–water partition coefficient (Wildman–Crippen LogP) is -1.42. The molecule has 1 unspecified atom stereocenters. The number of nitrogens with two attached hydrogens (primary N) is 2. The molecule has 23 heavy (non-hydrogen) atoms. The molecule has 0 aromatic carbocycles. The number of amides is 2. The van der Waals surface area contributed by atoms with Gasteiger partial charge < -0.3 is 16.6 Å². The maximum absolute atomic E-state index is 11.8. The molecule has 3 heterocycles. The Morgan fingerprint density at radius 1 is 1.48 bits per heavy atom. The molecule has 1 aromatic rings. The van der Waals surface area contributed by atoms with E-state index in [4.69, 9.17) is 11.5 Å². The number of nitrogens with one attached hydrogen (secondary N) is 1. The van der Waals surface area contributed by atoms with Gasteiger partial charge >= 0.3 is 5.97 Å². The fraction of sp³-hybridized carbons (Fsp3) is 0.364. The number of carboxylic acid groups (broad SMARTS) is 1. The molecule has 12 heteroatoms. The highest BCUT2D eigenvalue weighted by Gasteiger charge is 2.51. The quantitative estimate of drug-likeness (QED) is 0.365. The highest BCUT2D eigenvalue weighted by atomic mass is 32.2. The number of primary amides is 1. The lowest BCUT2D eigenvalue weighted by Gasteiger charge is -2.48. The zero-order chi connectivity index (χ0) is 16.7. The molecule has 1 aromatic heterocycles. The van der Waals surface area contributed by atoms with Crippen molar-refractivity contribution in [2.45, 2.75) is 16.4 Å². The maximum Gasteiger partial charge on any atom is 0.352 e. The standard InChI is InChI=1S/C11H12N6O4S2/c12-4-9(19)17-6(11(20)21)3(2-23-10(4)17)1-22-8-5(7(13)18)14-16-15-8/h4,10H,1-2,12H2,(H2,13,18)(H,20,21)(H,14,15,16)/t4?,10-/m1/s1. The lowest BCUT2D eigenvalue weighted by molar-refractivity contribution is -0.147. The molecular formula is C11H12N6O4S2. The fourth-order valence-electron chi connectivity index (χ4n) is 2.33. The van der Waals surface area contributed by atoms with Crippen molar-refractivity contribution in [2.24, 2.45) is 11.5 Å². The summed E-state index contributed by atoms with van der Waals surface area (Å²) in [6.45, 7) is 0. The van der Waals surface area contributed by atoms with E-state index in [0.29, 0.717) is 11.3 Å². The van der Waals surface area contributed by atoms with Gasteiger partial charge in [0.25, 0.3) is 5.91 Å². The first-order valence-electron chi connectivity index (χ1n) is 6.40. The number of aromatic amines is 1. The Balaban J connectivity index is 1.83. The van der Waals surface area contributed by atoms with Crippen LogP contribution in [0.3, 0.4) is 0 Å². The first-order chi connectivity index (χ1) is 10.9. The highest BCUT2D eigenvalue weighted by Crippen LogP contribution is 2.40. The Kier molecular flexibility index (Phi) is 4.04. The normalized spacial score (nSPS) is 23.5. The minimum Gasteiger partial charge on any atom is -0.477 e. The summed E-state index contributed by atoms with van der Waals surface area (Å²) in [5.41, 5.74) is 11.4. The van der Waals surface area contributed by atoms with Crippen molar-refractivity contribution in [2.75, 3.05) is 11.5 Å². The molecule has 0 spiro atoms. The smallest absolute Gasteiger partial charge is 0.352 e. The molecule has 1 saturated heterocycles. The van der Waals surface area contributed by atoms with Crippen LogP contribution in [0.1, 0.15) is 10.5 Å². The first-order valence-corrected chi connectivity index (χ1v) is 8.44. The Morgan fingerprint density at radius 3 is 2.87 bits per heavy atom. The van der Waals surface area contributed by atoms with E-state index >= 15 is 0 Å². The van der Waals surface area contributed by atoms with Gasteiger partial charge in [-0.2, -0.15) is 5.21 Å². The predicted molar refractivity (Wildman–Crippen MR) is 81.4 cm³/mol. The Bertz CT molecular complexity index is 732. The third kappa shape index (κ3) is 2.58. The largest absolute Gasteiger partial charge is 0.477 e. The monoisotopic (exact) mass is 356 g/mol. The van der Waals surface area contributed by atoms with E-state index in [2.05, 4.69) is 15.4 Å². The van der Waals surface area contributed by atoms with Crippen LogP contribution in [0.25, 0.3) is 0 Å². The van der Waals surface area contributed by atoms with E-state index in [1.54, 1.807) is 0 Å². The van der Waals surface area contributed by atoms with Gasteiger partial charge in [0.05, 0.1) is 0 Å². The number of aliphatic carboxylic acids is 1. The van der Waals surface area contributed by atoms with Crippen LogP contribution < -0.4 is 11.5 Å². The Hall–Kier alpha value is -2.05. The van der Waals surface area contributed by atoms with Gasteiger partial charge in [0.1, 0.15) is 17.1 Å². The van der Waals surface area contributed by atoms with Gasteiger partial charge in [-0.1, -0.05) is 11.8 Å². The second-order valence-corrected chi connectivity index (χ2v) is 6.89. The number of thioether (sulfide) groups is 2. The molecule has 0 aliphatic carbocycles. The van der Waals surface area contributed by atoms with Crippen LogP contribution in [-0.4, -0.2) is 66.1 Å². The SMILES string of the molecule is NC(=O)c1n[nH]nc1SCC1=C(C(=O)O)N2C(=O)C(N)[C@H]2SC1. The van der Waals surface area contributed by atoms with Gasteiger partial charge in [-0.05, 0) is 5.57 Å². The van der Waals surface area contributed by atoms with Crippen molar-refractivity contribution >= 4 is 41.3 Å². The number of carbonyl (C=O) groups excluding carboxylic acids is 2. The summed E-state index contributed by atoms with van der Waals surface area (Å²) in [5.74, 6) is -1.63. The zero-order valence-corrected chi connectivity index (χ0v) is 13.2. The van der Waals surface area contributed by atoms with Gasteiger partial charge in [0, 0.05) is 11.5 Å². The van der Waals surface area contributed by atoms with Crippen molar-refractivity contribution < 1.29 is 19.5 Å². The van der Waals surface area contributed by atoms with Crippen LogP contribution in [0.4, 0.5) is 0 Å². The number of carbonyl (C=O) groups is 3. The van der Waals surface area contributed by atoms with E-state index < -0.39 is 23.8 Å². The van der Waals surface area contributed by atoms with Gasteiger partial charge in [-0.3, -0.25) is 14.5 Å². The maximum atomic E-state index is 11.8. The van der Waals surface area contributed by atoms with Crippen LogP contribution in [0.2, 0.25) is 0 Å². The van der Waals surface area contributed by atoms with E-state index in [9.17, 15) is 19.5 Å². The molecule has 2 atom stereocenters. The molecule has 2 aliphatic heterocycles. The number of fused-ring (bicyclic) bond motifs is 1. The number of aromatic nitrogens is 3. The van der Waals surface area contributed by atoms with E-state index in [-0.39, 0.29) is 27.5 Å². The molecule has 10 nitrogen and oxygen atoms in total. The van der Waals surface area contributed by atoms with Crippen LogP contribution >= 0.6 is 23.5 Å². The second-order valence-electron chi connectivity index (χ2n) is 4.82. The molecule has 2 amide bonds. The van der Waals surface area contributed by atoms with E-state index in [1.807, 2.05) is 0 Å². The van der Waals surface area contributed by atoms with E-state index in [0.717, 1.165) is 11.8 Å². The number of β-lactam (4-membered cyclic amide) rings is 1. The Labute approximate surface area is 138 Å².